The minimum Gasteiger partial charge on any atom is -0.457 e. The highest BCUT2D eigenvalue weighted by molar-refractivity contribution is 5.92. The molecule has 2 aliphatic rings. The lowest BCUT2D eigenvalue weighted by Gasteiger charge is -2.40. The van der Waals surface area contributed by atoms with E-state index in [2.05, 4.69) is 115 Å². The predicted molar refractivity (Wildman–Crippen MR) is 199 cm³/mol. The third kappa shape index (κ3) is 4.22. The van der Waals surface area contributed by atoms with Crippen molar-refractivity contribution in [3.63, 3.8) is 0 Å². The highest BCUT2D eigenvalue weighted by Gasteiger charge is 2.52. The minimum absolute atomic E-state index is 0.571. The van der Waals surface area contributed by atoms with Gasteiger partial charge in [-0.25, -0.2) is 15.0 Å². The van der Waals surface area contributed by atoms with Gasteiger partial charge in [0.2, 0.25) is 0 Å². The van der Waals surface area contributed by atoms with Crippen molar-refractivity contribution in [3.8, 4) is 67.9 Å². The maximum atomic E-state index is 6.77. The minimum atomic E-state index is -0.571. The van der Waals surface area contributed by atoms with E-state index in [0.717, 1.165) is 50.4 Å². The summed E-state index contributed by atoms with van der Waals surface area (Å²) in [5, 5.41) is 0. The molecule has 1 spiro atoms. The van der Waals surface area contributed by atoms with Gasteiger partial charge in [-0.3, -0.25) is 0 Å². The van der Waals surface area contributed by atoms with Crippen molar-refractivity contribution >= 4 is 0 Å². The Morgan fingerprint density at radius 3 is 1.42 bits per heavy atom. The van der Waals surface area contributed by atoms with E-state index in [9.17, 15) is 0 Å². The molecule has 234 valence electrons. The number of para-hydroxylation sites is 1. The molecule has 2 heterocycles. The van der Waals surface area contributed by atoms with Crippen LogP contribution in [0.1, 0.15) is 22.3 Å². The van der Waals surface area contributed by atoms with Gasteiger partial charge in [0.25, 0.3) is 0 Å². The lowest BCUT2D eigenvalue weighted by Crippen LogP contribution is -2.32. The second kappa shape index (κ2) is 11.2. The van der Waals surface area contributed by atoms with Crippen molar-refractivity contribution in [1.82, 2.24) is 15.0 Å². The molecule has 0 saturated carbocycles. The van der Waals surface area contributed by atoms with Crippen LogP contribution >= 0.6 is 0 Å². The first-order valence-electron chi connectivity index (χ1n) is 16.9. The summed E-state index contributed by atoms with van der Waals surface area (Å²) in [5.74, 6) is 3.64. The lowest BCUT2D eigenvalue weighted by atomic mass is 9.64. The molecule has 0 bridgehead atoms. The van der Waals surface area contributed by atoms with Crippen molar-refractivity contribution in [3.05, 3.63) is 198 Å². The fourth-order valence-corrected chi connectivity index (χ4v) is 7.92. The van der Waals surface area contributed by atoms with Gasteiger partial charge in [0, 0.05) is 27.8 Å². The number of nitrogens with zero attached hydrogens (tertiary/aromatic N) is 3. The van der Waals surface area contributed by atoms with Gasteiger partial charge in [0.15, 0.2) is 17.5 Å². The van der Waals surface area contributed by atoms with Crippen LogP contribution in [0.3, 0.4) is 0 Å². The van der Waals surface area contributed by atoms with Gasteiger partial charge >= 0.3 is 0 Å². The quantitative estimate of drug-likeness (QED) is 0.192. The Bertz CT molecular complexity index is 2480. The Balaban J connectivity index is 1.21. The fourth-order valence-electron chi connectivity index (χ4n) is 7.92. The Morgan fingerprint density at radius 2 is 0.780 bits per heavy atom. The fraction of sp³-hybridized carbons (Fsp3) is 0.0217. The zero-order chi connectivity index (χ0) is 33.1. The van der Waals surface area contributed by atoms with Crippen LogP contribution in [0.2, 0.25) is 0 Å². The maximum Gasteiger partial charge on any atom is 0.164 e. The molecule has 10 rings (SSSR count). The van der Waals surface area contributed by atoms with E-state index < -0.39 is 5.41 Å². The Hall–Kier alpha value is -6.65. The van der Waals surface area contributed by atoms with Crippen molar-refractivity contribution in [1.29, 1.82) is 0 Å². The number of fused-ring (bicyclic) bond motifs is 9. The number of hydrogen-bond acceptors (Lipinski definition) is 4. The summed E-state index contributed by atoms with van der Waals surface area (Å²) in [7, 11) is 0. The van der Waals surface area contributed by atoms with Crippen molar-refractivity contribution in [2.75, 3.05) is 0 Å². The molecular formula is C46H29N3O. The zero-order valence-electron chi connectivity index (χ0n) is 27.0. The van der Waals surface area contributed by atoms with E-state index in [-0.39, 0.29) is 0 Å². The molecule has 4 nitrogen and oxygen atoms in total. The van der Waals surface area contributed by atoms with Crippen molar-refractivity contribution < 1.29 is 4.74 Å². The first-order chi connectivity index (χ1) is 24.8. The molecule has 0 amide bonds. The zero-order valence-corrected chi connectivity index (χ0v) is 27.0. The molecule has 7 aromatic carbocycles. The normalized spacial score (nSPS) is 13.1. The number of benzene rings is 7. The Kier molecular flexibility index (Phi) is 6.36. The first kappa shape index (κ1) is 28.4. The Morgan fingerprint density at radius 1 is 0.340 bits per heavy atom. The molecule has 50 heavy (non-hydrogen) atoms. The summed E-state index contributed by atoms with van der Waals surface area (Å²) in [6.45, 7) is 0. The topological polar surface area (TPSA) is 47.9 Å². The van der Waals surface area contributed by atoms with Crippen LogP contribution in [0.15, 0.2) is 176 Å². The van der Waals surface area contributed by atoms with Gasteiger partial charge in [0.05, 0.1) is 5.41 Å². The molecule has 0 atom stereocenters. The van der Waals surface area contributed by atoms with E-state index in [1.807, 2.05) is 60.7 Å². The van der Waals surface area contributed by atoms with E-state index in [0.29, 0.717) is 17.5 Å². The molecule has 1 aliphatic heterocycles. The van der Waals surface area contributed by atoms with Gasteiger partial charge in [-0.05, 0) is 51.6 Å². The number of ether oxygens (including phenoxy) is 1. The molecule has 1 aliphatic carbocycles. The summed E-state index contributed by atoms with van der Waals surface area (Å²) in [6.07, 6.45) is 0. The van der Waals surface area contributed by atoms with Crippen LogP contribution in [0.25, 0.3) is 56.4 Å². The summed E-state index contributed by atoms with van der Waals surface area (Å²) in [6, 6.07) is 61.3. The predicted octanol–water partition coefficient (Wildman–Crippen LogP) is 11.0. The van der Waals surface area contributed by atoms with E-state index in [1.165, 1.54) is 22.3 Å². The largest absolute Gasteiger partial charge is 0.457 e. The van der Waals surface area contributed by atoms with Crippen LogP contribution < -0.4 is 4.74 Å². The third-order valence-corrected chi connectivity index (χ3v) is 10.00. The van der Waals surface area contributed by atoms with Crippen LogP contribution in [-0.2, 0) is 5.41 Å². The summed E-state index contributed by atoms with van der Waals surface area (Å²) in [4.78, 5) is 15.0. The average Bonchev–Trinajstić information content (AvgIpc) is 3.49. The summed E-state index contributed by atoms with van der Waals surface area (Å²) >= 11 is 0. The van der Waals surface area contributed by atoms with Crippen LogP contribution in [0.4, 0.5) is 0 Å². The first-order valence-corrected chi connectivity index (χ1v) is 16.9. The van der Waals surface area contributed by atoms with Crippen molar-refractivity contribution in [2.45, 2.75) is 5.41 Å². The Labute approximate surface area is 290 Å². The summed E-state index contributed by atoms with van der Waals surface area (Å²) < 4.78 is 6.77. The van der Waals surface area contributed by atoms with Gasteiger partial charge in [-0.1, -0.05) is 158 Å². The monoisotopic (exact) mass is 639 g/mol. The number of aromatic nitrogens is 3. The number of hydrogen-bond donors (Lipinski definition) is 0. The highest BCUT2D eigenvalue weighted by Crippen LogP contribution is 2.63. The molecule has 0 unspecified atom stereocenters. The van der Waals surface area contributed by atoms with Crippen LogP contribution in [-0.4, -0.2) is 15.0 Å². The average molecular weight is 640 g/mol. The van der Waals surface area contributed by atoms with Crippen LogP contribution in [0, 0.1) is 0 Å². The molecule has 0 radical (unpaired) electrons. The molecule has 0 saturated heterocycles. The van der Waals surface area contributed by atoms with Crippen LogP contribution in [0.5, 0.6) is 11.5 Å². The molecule has 1 aromatic heterocycles. The number of rotatable bonds is 4. The van der Waals surface area contributed by atoms with Gasteiger partial charge in [0.1, 0.15) is 11.5 Å². The van der Waals surface area contributed by atoms with Gasteiger partial charge in [-0.15, -0.1) is 0 Å². The second-order valence-corrected chi connectivity index (χ2v) is 12.7. The van der Waals surface area contributed by atoms with Gasteiger partial charge in [-0.2, -0.15) is 0 Å². The molecule has 0 fully saturated rings. The van der Waals surface area contributed by atoms with E-state index in [1.54, 1.807) is 0 Å². The smallest absolute Gasteiger partial charge is 0.164 e. The maximum absolute atomic E-state index is 6.77. The van der Waals surface area contributed by atoms with Crippen molar-refractivity contribution in [2.24, 2.45) is 0 Å². The molecule has 0 N–H and O–H groups in total. The molecule has 4 heteroatoms. The lowest BCUT2D eigenvalue weighted by molar-refractivity contribution is 0.437. The highest BCUT2D eigenvalue weighted by atomic mass is 16.5. The SMILES string of the molecule is c1ccc(-c2nc(-c3ccccc3)nc(-c3cccc(-c4cccc5c4C4(c6ccccc6O5)c5ccccc5-c5ccccc54)c3)n2)cc1. The third-order valence-electron chi connectivity index (χ3n) is 10.00. The standard InChI is InChI=1S/C46H29N3O/c1-3-15-30(16-4-1)43-47-44(31-17-5-2-6-18-31)49-45(48-43)33-20-13-19-32(29-33)34-23-14-28-41-42(34)46(39-26-11-12-27-40(39)50-41)37-24-9-7-21-35(37)36-22-8-10-25-38(36)46/h1-29H. The summed E-state index contributed by atoms with van der Waals surface area (Å²) in [5.41, 5.74) is 11.7. The molecule has 8 aromatic rings. The van der Waals surface area contributed by atoms with E-state index >= 15 is 0 Å². The second-order valence-electron chi connectivity index (χ2n) is 12.7. The van der Waals surface area contributed by atoms with E-state index in [4.69, 9.17) is 19.7 Å². The molecular weight excluding hydrogens is 611 g/mol. The van der Waals surface area contributed by atoms with Gasteiger partial charge < -0.3 is 4.74 Å².